The number of carbonyl (C=O) groups is 1. The van der Waals surface area contributed by atoms with Crippen molar-refractivity contribution in [3.63, 3.8) is 0 Å². The molecular formula is C12H15N3O3S3. The molecule has 2 rings (SSSR count). The van der Waals surface area contributed by atoms with E-state index in [2.05, 4.69) is 10.3 Å². The first-order valence-electron chi connectivity index (χ1n) is 5.95. The fourth-order valence-electron chi connectivity index (χ4n) is 1.59. The molecule has 0 aliphatic heterocycles. The predicted octanol–water partition coefficient (Wildman–Crippen LogP) is 1.85. The average molecular weight is 345 g/mol. The third-order valence-corrected chi connectivity index (χ3v) is 6.02. The number of benzene rings is 1. The zero-order chi connectivity index (χ0) is 15.6. The topological polar surface area (TPSA) is 79.4 Å². The minimum atomic E-state index is -3.36. The third-order valence-electron chi connectivity index (χ3n) is 2.76. The van der Waals surface area contributed by atoms with Gasteiger partial charge in [-0.1, -0.05) is 11.8 Å². The first-order valence-corrected chi connectivity index (χ1v) is 9.84. The zero-order valence-electron chi connectivity index (χ0n) is 11.8. The summed E-state index contributed by atoms with van der Waals surface area (Å²) in [6.07, 6.45) is 3.02. The van der Waals surface area contributed by atoms with Crippen LogP contribution in [0.2, 0.25) is 0 Å². The molecule has 1 heterocycles. The molecule has 0 radical (unpaired) electrons. The van der Waals surface area contributed by atoms with Crippen LogP contribution in [-0.4, -0.2) is 49.7 Å². The Morgan fingerprint density at radius 1 is 1.48 bits per heavy atom. The van der Waals surface area contributed by atoms with E-state index in [4.69, 9.17) is 0 Å². The minimum absolute atomic E-state index is 0.213. The number of sulfonamides is 1. The largest absolute Gasteiger partial charge is 0.325 e. The van der Waals surface area contributed by atoms with Crippen molar-refractivity contribution in [1.82, 2.24) is 9.29 Å². The highest BCUT2D eigenvalue weighted by atomic mass is 32.2. The molecule has 6 nitrogen and oxygen atoms in total. The molecule has 0 spiro atoms. The van der Waals surface area contributed by atoms with Gasteiger partial charge in [0.25, 0.3) is 0 Å². The highest BCUT2D eigenvalue weighted by Crippen LogP contribution is 2.29. The lowest BCUT2D eigenvalue weighted by Gasteiger charge is -2.13. The Labute approximate surface area is 131 Å². The lowest BCUT2D eigenvalue weighted by molar-refractivity contribution is -0.116. The van der Waals surface area contributed by atoms with Crippen LogP contribution in [-0.2, 0) is 14.8 Å². The van der Waals surface area contributed by atoms with Gasteiger partial charge in [-0.15, -0.1) is 11.3 Å². The number of anilines is 1. The number of fused-ring (bicyclic) bond motifs is 1. The molecule has 1 amide bonds. The predicted molar refractivity (Wildman–Crippen MR) is 87.5 cm³/mol. The van der Waals surface area contributed by atoms with E-state index in [9.17, 15) is 13.2 Å². The third kappa shape index (κ3) is 4.16. The molecule has 0 bridgehead atoms. The molecule has 9 heteroatoms. The summed E-state index contributed by atoms with van der Waals surface area (Å²) < 4.78 is 25.5. The molecular weight excluding hydrogens is 330 g/mol. The Balaban J connectivity index is 2.10. The van der Waals surface area contributed by atoms with Crippen LogP contribution in [0.15, 0.2) is 22.5 Å². The molecule has 114 valence electrons. The number of rotatable bonds is 5. The second-order valence-electron chi connectivity index (χ2n) is 4.43. The molecule has 0 aliphatic carbocycles. The highest BCUT2D eigenvalue weighted by Gasteiger charge is 2.15. The van der Waals surface area contributed by atoms with E-state index >= 15 is 0 Å². The Morgan fingerprint density at radius 3 is 2.81 bits per heavy atom. The summed E-state index contributed by atoms with van der Waals surface area (Å²) in [5.74, 6) is -0.378. The lowest BCUT2D eigenvalue weighted by Crippen LogP contribution is -2.34. The Bertz CT molecular complexity index is 770. The fourth-order valence-corrected chi connectivity index (χ4v) is 3.47. The molecule has 0 atom stereocenters. The standard InChI is InChI=1S/C12H15N3O3S3/c1-15(21(3,17)18)7-11(16)13-8-4-5-9-10(6-8)20-12(14-9)19-2/h4-6H,7H2,1-3H3,(H,13,16). The Hall–Kier alpha value is -1.16. The quantitative estimate of drug-likeness (QED) is 0.837. The normalized spacial score (nSPS) is 12.0. The van der Waals surface area contributed by atoms with Gasteiger partial charge < -0.3 is 5.32 Å². The molecule has 0 saturated carbocycles. The number of nitrogens with one attached hydrogen (secondary N) is 1. The monoisotopic (exact) mass is 345 g/mol. The van der Waals surface area contributed by atoms with Gasteiger partial charge in [0.2, 0.25) is 15.9 Å². The van der Waals surface area contributed by atoms with Gasteiger partial charge in [0.05, 0.1) is 23.0 Å². The summed E-state index contributed by atoms with van der Waals surface area (Å²) in [7, 11) is -2.00. The average Bonchev–Trinajstić information content (AvgIpc) is 2.79. The van der Waals surface area contributed by atoms with Gasteiger partial charge in [-0.3, -0.25) is 4.79 Å². The van der Waals surface area contributed by atoms with Gasteiger partial charge in [0.15, 0.2) is 4.34 Å². The second-order valence-corrected chi connectivity index (χ2v) is 8.61. The summed E-state index contributed by atoms with van der Waals surface area (Å²) in [6, 6.07) is 5.43. The van der Waals surface area contributed by atoms with Crippen molar-refractivity contribution >= 4 is 54.9 Å². The number of hydrogen-bond donors (Lipinski definition) is 1. The van der Waals surface area contributed by atoms with Crippen LogP contribution >= 0.6 is 23.1 Å². The first kappa shape index (κ1) is 16.2. The fraction of sp³-hybridized carbons (Fsp3) is 0.333. The maximum Gasteiger partial charge on any atom is 0.239 e. The van der Waals surface area contributed by atoms with E-state index in [1.54, 1.807) is 29.2 Å². The van der Waals surface area contributed by atoms with Gasteiger partial charge in [0, 0.05) is 12.7 Å². The number of likely N-dealkylation sites (N-methyl/N-ethyl adjacent to an activating group) is 1. The van der Waals surface area contributed by atoms with E-state index in [-0.39, 0.29) is 12.5 Å². The van der Waals surface area contributed by atoms with E-state index in [1.165, 1.54) is 7.05 Å². The first-order chi connectivity index (χ1) is 9.79. The summed E-state index contributed by atoms with van der Waals surface area (Å²) in [5.41, 5.74) is 1.52. The van der Waals surface area contributed by atoms with Crippen LogP contribution in [0.3, 0.4) is 0 Å². The van der Waals surface area contributed by atoms with Crippen LogP contribution in [0, 0.1) is 0 Å². The maximum absolute atomic E-state index is 11.8. The second kappa shape index (κ2) is 6.30. The van der Waals surface area contributed by atoms with Gasteiger partial charge in [-0.2, -0.15) is 4.31 Å². The van der Waals surface area contributed by atoms with Gasteiger partial charge >= 0.3 is 0 Å². The minimum Gasteiger partial charge on any atom is -0.325 e. The van der Waals surface area contributed by atoms with Gasteiger partial charge in [-0.05, 0) is 24.5 Å². The van der Waals surface area contributed by atoms with Crippen molar-refractivity contribution in [2.24, 2.45) is 0 Å². The molecule has 0 aliphatic rings. The SMILES string of the molecule is CSc1nc2ccc(NC(=O)CN(C)S(C)(=O)=O)cc2s1. The number of amides is 1. The van der Waals surface area contributed by atoms with Crippen molar-refractivity contribution in [1.29, 1.82) is 0 Å². The van der Waals surface area contributed by atoms with Crippen LogP contribution in [0.5, 0.6) is 0 Å². The summed E-state index contributed by atoms with van der Waals surface area (Å²) in [6.45, 7) is -0.213. The molecule has 1 aromatic carbocycles. The van der Waals surface area contributed by atoms with Crippen LogP contribution < -0.4 is 5.32 Å². The van der Waals surface area contributed by atoms with E-state index in [0.29, 0.717) is 5.69 Å². The van der Waals surface area contributed by atoms with Gasteiger partial charge in [-0.25, -0.2) is 13.4 Å². The van der Waals surface area contributed by atoms with Crippen molar-refractivity contribution < 1.29 is 13.2 Å². The van der Waals surface area contributed by atoms with Gasteiger partial charge in [0.1, 0.15) is 0 Å². The van der Waals surface area contributed by atoms with Crippen molar-refractivity contribution in [2.45, 2.75) is 4.34 Å². The number of carbonyl (C=O) groups excluding carboxylic acids is 1. The lowest BCUT2D eigenvalue weighted by atomic mass is 10.3. The van der Waals surface area contributed by atoms with E-state index in [0.717, 1.165) is 25.1 Å². The molecule has 0 fully saturated rings. The Morgan fingerprint density at radius 2 is 2.19 bits per heavy atom. The number of hydrogen-bond acceptors (Lipinski definition) is 6. The van der Waals surface area contributed by atoms with Crippen LogP contribution in [0.1, 0.15) is 0 Å². The summed E-state index contributed by atoms with van der Waals surface area (Å²) in [4.78, 5) is 16.2. The number of thiazole rings is 1. The molecule has 1 N–H and O–H groups in total. The summed E-state index contributed by atoms with van der Waals surface area (Å²) in [5, 5.41) is 2.69. The smallest absolute Gasteiger partial charge is 0.239 e. The highest BCUT2D eigenvalue weighted by molar-refractivity contribution is 8.00. The van der Waals surface area contributed by atoms with Crippen molar-refractivity contribution in [3.05, 3.63) is 18.2 Å². The molecule has 0 saturated heterocycles. The molecule has 1 aromatic heterocycles. The van der Waals surface area contributed by atoms with Crippen LogP contribution in [0.4, 0.5) is 5.69 Å². The van der Waals surface area contributed by atoms with Crippen LogP contribution in [0.25, 0.3) is 10.2 Å². The molecule has 2 aromatic rings. The van der Waals surface area contributed by atoms with Crippen molar-refractivity contribution in [2.75, 3.05) is 31.4 Å². The zero-order valence-corrected chi connectivity index (χ0v) is 14.2. The van der Waals surface area contributed by atoms with E-state index < -0.39 is 10.0 Å². The molecule has 0 unspecified atom stereocenters. The van der Waals surface area contributed by atoms with Crippen molar-refractivity contribution in [3.8, 4) is 0 Å². The summed E-state index contributed by atoms with van der Waals surface area (Å²) >= 11 is 3.12. The maximum atomic E-state index is 11.8. The number of aromatic nitrogens is 1. The number of thioether (sulfide) groups is 1. The number of nitrogens with zero attached hydrogens (tertiary/aromatic N) is 2. The Kier molecular flexibility index (Phi) is 4.87. The van der Waals surface area contributed by atoms with E-state index in [1.807, 2.05) is 18.4 Å². The molecule has 21 heavy (non-hydrogen) atoms.